The molecule has 2 saturated heterocycles. The van der Waals surface area contributed by atoms with Gasteiger partial charge in [-0.3, -0.25) is 4.79 Å². The lowest BCUT2D eigenvalue weighted by Gasteiger charge is -2.28. The number of nitrogens with zero attached hydrogens (tertiary/aromatic N) is 2. The summed E-state index contributed by atoms with van der Waals surface area (Å²) in [6, 6.07) is 20.7. The van der Waals surface area contributed by atoms with Crippen molar-refractivity contribution in [1.29, 1.82) is 0 Å². The van der Waals surface area contributed by atoms with Crippen LogP contribution in [-0.4, -0.2) is 41.0 Å². The molecule has 0 saturated carbocycles. The molecule has 136 valence electrons. The van der Waals surface area contributed by atoms with Crippen LogP contribution in [0.15, 0.2) is 60.7 Å². The summed E-state index contributed by atoms with van der Waals surface area (Å²) in [4.78, 5) is 20.7. The van der Waals surface area contributed by atoms with E-state index in [9.17, 15) is 4.79 Å². The van der Waals surface area contributed by atoms with E-state index >= 15 is 0 Å². The van der Waals surface area contributed by atoms with Gasteiger partial charge in [-0.1, -0.05) is 48.5 Å². The summed E-state index contributed by atoms with van der Waals surface area (Å²) in [5, 5.41) is 4.43. The molecule has 5 rings (SSSR count). The number of pyridine rings is 1. The molecule has 3 heterocycles. The summed E-state index contributed by atoms with van der Waals surface area (Å²) in [6.45, 7) is 1.90. The Morgan fingerprint density at radius 3 is 2.63 bits per heavy atom. The Labute approximate surface area is 159 Å². The molecule has 2 atom stereocenters. The molecule has 0 aliphatic carbocycles. The van der Waals surface area contributed by atoms with Crippen molar-refractivity contribution in [3.05, 3.63) is 66.2 Å². The number of benzene rings is 2. The lowest BCUT2D eigenvalue weighted by molar-refractivity contribution is 0.0682. The van der Waals surface area contributed by atoms with Crippen molar-refractivity contribution < 1.29 is 4.79 Å². The highest BCUT2D eigenvalue weighted by atomic mass is 16.2. The van der Waals surface area contributed by atoms with Crippen LogP contribution in [0.2, 0.25) is 0 Å². The fourth-order valence-corrected chi connectivity index (χ4v) is 4.56. The third-order valence-electron chi connectivity index (χ3n) is 5.90. The van der Waals surface area contributed by atoms with E-state index in [1.54, 1.807) is 0 Å². The second kappa shape index (κ2) is 6.78. The Bertz CT molecular complexity index is 971. The SMILES string of the molecule is O=C(c1cc(-c2ccccc2)nc2ccccc12)N1C2CCNCC1CC2. The topological polar surface area (TPSA) is 45.2 Å². The van der Waals surface area contributed by atoms with Gasteiger partial charge in [-0.25, -0.2) is 4.98 Å². The van der Waals surface area contributed by atoms with Crippen LogP contribution in [-0.2, 0) is 0 Å². The summed E-state index contributed by atoms with van der Waals surface area (Å²) in [6.07, 6.45) is 3.25. The summed E-state index contributed by atoms with van der Waals surface area (Å²) in [5.74, 6) is 0.155. The second-order valence-electron chi connectivity index (χ2n) is 7.53. The lowest BCUT2D eigenvalue weighted by atomic mass is 10.0. The van der Waals surface area contributed by atoms with E-state index in [-0.39, 0.29) is 5.91 Å². The van der Waals surface area contributed by atoms with Crippen LogP contribution in [0, 0.1) is 0 Å². The first-order valence-electron chi connectivity index (χ1n) is 9.80. The van der Waals surface area contributed by atoms with Crippen LogP contribution < -0.4 is 5.32 Å². The predicted molar refractivity (Wildman–Crippen MR) is 108 cm³/mol. The lowest BCUT2D eigenvalue weighted by Crippen LogP contribution is -2.42. The number of hydrogen-bond donors (Lipinski definition) is 1. The van der Waals surface area contributed by atoms with E-state index in [1.807, 2.05) is 60.7 Å². The van der Waals surface area contributed by atoms with Crippen LogP contribution in [0.3, 0.4) is 0 Å². The number of para-hydroxylation sites is 1. The van der Waals surface area contributed by atoms with E-state index in [4.69, 9.17) is 4.98 Å². The zero-order valence-corrected chi connectivity index (χ0v) is 15.3. The molecule has 2 aromatic carbocycles. The highest BCUT2D eigenvalue weighted by Gasteiger charge is 2.38. The largest absolute Gasteiger partial charge is 0.331 e. The molecule has 2 fully saturated rings. The summed E-state index contributed by atoms with van der Waals surface area (Å²) >= 11 is 0. The van der Waals surface area contributed by atoms with Gasteiger partial charge in [0.1, 0.15) is 0 Å². The minimum Gasteiger partial charge on any atom is -0.331 e. The number of carbonyl (C=O) groups excluding carboxylic acids is 1. The first-order chi connectivity index (χ1) is 13.3. The smallest absolute Gasteiger partial charge is 0.255 e. The van der Waals surface area contributed by atoms with E-state index in [0.29, 0.717) is 12.1 Å². The van der Waals surface area contributed by atoms with Gasteiger partial charge in [0.2, 0.25) is 0 Å². The van der Waals surface area contributed by atoms with Gasteiger partial charge >= 0.3 is 0 Å². The molecule has 4 nitrogen and oxygen atoms in total. The fraction of sp³-hybridized carbons (Fsp3) is 0.304. The van der Waals surface area contributed by atoms with Crippen molar-refractivity contribution in [3.63, 3.8) is 0 Å². The predicted octanol–water partition coefficient (Wildman–Crippen LogP) is 3.87. The van der Waals surface area contributed by atoms with E-state index < -0.39 is 0 Å². The molecule has 2 aliphatic rings. The quantitative estimate of drug-likeness (QED) is 0.757. The molecule has 0 spiro atoms. The van der Waals surface area contributed by atoms with Gasteiger partial charge in [-0.15, -0.1) is 0 Å². The standard InChI is InChI=1S/C23H23N3O/c27-23(26-17-10-11-18(26)15-24-13-12-17)20-14-22(16-6-2-1-3-7-16)25-21-9-5-4-8-19(20)21/h1-9,14,17-18,24H,10-13,15H2. The van der Waals surface area contributed by atoms with Gasteiger partial charge in [0.05, 0.1) is 16.8 Å². The maximum Gasteiger partial charge on any atom is 0.255 e. The van der Waals surface area contributed by atoms with Crippen molar-refractivity contribution in [2.45, 2.75) is 31.3 Å². The number of nitrogens with one attached hydrogen (secondary N) is 1. The molecule has 0 radical (unpaired) electrons. The van der Waals surface area contributed by atoms with Crippen LogP contribution in [0.1, 0.15) is 29.6 Å². The third-order valence-corrected chi connectivity index (χ3v) is 5.90. The molecule has 2 unspecified atom stereocenters. The zero-order chi connectivity index (χ0) is 18.2. The number of hydrogen-bond acceptors (Lipinski definition) is 3. The number of carbonyl (C=O) groups is 1. The number of rotatable bonds is 2. The fourth-order valence-electron chi connectivity index (χ4n) is 4.56. The van der Waals surface area contributed by atoms with Gasteiger partial charge in [-0.05, 0) is 37.9 Å². The third kappa shape index (κ3) is 2.90. The maximum atomic E-state index is 13.7. The number of fused-ring (bicyclic) bond motifs is 3. The van der Waals surface area contributed by atoms with Crippen LogP contribution in [0.4, 0.5) is 0 Å². The van der Waals surface area contributed by atoms with Crippen molar-refractivity contribution in [3.8, 4) is 11.3 Å². The van der Waals surface area contributed by atoms with Crippen molar-refractivity contribution >= 4 is 16.8 Å². The molecule has 1 aromatic heterocycles. The molecule has 27 heavy (non-hydrogen) atoms. The minimum atomic E-state index is 0.155. The molecule has 2 aliphatic heterocycles. The summed E-state index contributed by atoms with van der Waals surface area (Å²) in [7, 11) is 0. The van der Waals surface area contributed by atoms with E-state index in [0.717, 1.165) is 60.1 Å². The molecule has 3 aromatic rings. The Balaban J connectivity index is 1.64. The monoisotopic (exact) mass is 357 g/mol. The van der Waals surface area contributed by atoms with Gasteiger partial charge in [-0.2, -0.15) is 0 Å². The van der Waals surface area contributed by atoms with Crippen LogP contribution in [0.5, 0.6) is 0 Å². The summed E-state index contributed by atoms with van der Waals surface area (Å²) < 4.78 is 0. The van der Waals surface area contributed by atoms with Crippen molar-refractivity contribution in [1.82, 2.24) is 15.2 Å². The Morgan fingerprint density at radius 2 is 1.74 bits per heavy atom. The normalized spacial score (nSPS) is 22.0. The molecule has 2 bridgehead atoms. The van der Waals surface area contributed by atoms with Gasteiger partial charge < -0.3 is 10.2 Å². The summed E-state index contributed by atoms with van der Waals surface area (Å²) in [5.41, 5.74) is 3.55. The maximum absolute atomic E-state index is 13.7. The van der Waals surface area contributed by atoms with Gasteiger partial charge in [0.25, 0.3) is 5.91 Å². The van der Waals surface area contributed by atoms with Crippen molar-refractivity contribution in [2.75, 3.05) is 13.1 Å². The highest BCUT2D eigenvalue weighted by molar-refractivity contribution is 6.07. The minimum absolute atomic E-state index is 0.155. The van der Waals surface area contributed by atoms with E-state index in [2.05, 4.69) is 10.2 Å². The Kier molecular flexibility index (Phi) is 4.13. The van der Waals surface area contributed by atoms with E-state index in [1.165, 1.54) is 0 Å². The number of aromatic nitrogens is 1. The average molecular weight is 357 g/mol. The van der Waals surface area contributed by atoms with Gasteiger partial charge in [0.15, 0.2) is 0 Å². The van der Waals surface area contributed by atoms with Crippen LogP contribution in [0.25, 0.3) is 22.2 Å². The molecule has 4 heteroatoms. The van der Waals surface area contributed by atoms with Crippen LogP contribution >= 0.6 is 0 Å². The second-order valence-corrected chi connectivity index (χ2v) is 7.53. The van der Waals surface area contributed by atoms with Gasteiger partial charge in [0, 0.05) is 29.6 Å². The molecule has 1 amide bonds. The Hall–Kier alpha value is -2.72. The van der Waals surface area contributed by atoms with Crippen molar-refractivity contribution in [2.24, 2.45) is 0 Å². The Morgan fingerprint density at radius 1 is 0.963 bits per heavy atom. The zero-order valence-electron chi connectivity index (χ0n) is 15.3. The number of amides is 1. The first-order valence-corrected chi connectivity index (χ1v) is 9.80. The molecular weight excluding hydrogens is 334 g/mol. The molecule has 1 N–H and O–H groups in total. The average Bonchev–Trinajstić information content (AvgIpc) is 2.99. The first kappa shape index (κ1) is 16.5. The highest BCUT2D eigenvalue weighted by Crippen LogP contribution is 2.32. The molecular formula is C23H23N3O.